The van der Waals surface area contributed by atoms with Gasteiger partial charge in [0.05, 0.1) is 4.90 Å². The number of nitrogen functional groups attached to an aromatic ring is 1. The Morgan fingerprint density at radius 1 is 0.947 bits per heavy atom. The van der Waals surface area contributed by atoms with E-state index in [4.69, 9.17) is 5.73 Å². The fraction of sp³-hybridized carbons (Fsp3) is 0.143. The minimum atomic E-state index is -3.46. The van der Waals surface area contributed by atoms with Crippen molar-refractivity contribution in [3.05, 3.63) is 48.5 Å². The van der Waals surface area contributed by atoms with Crippen molar-refractivity contribution < 1.29 is 8.42 Å². The first kappa shape index (κ1) is 13.6. The van der Waals surface area contributed by atoms with Crippen molar-refractivity contribution in [1.29, 1.82) is 0 Å². The fourth-order valence-corrected chi connectivity index (χ4v) is 2.90. The van der Waals surface area contributed by atoms with Gasteiger partial charge in [0.2, 0.25) is 10.0 Å². The Kier molecular flexibility index (Phi) is 3.59. The number of benzene rings is 2. The maximum Gasteiger partial charge on any atom is 0.243 e. The van der Waals surface area contributed by atoms with Crippen LogP contribution in [-0.4, -0.2) is 26.8 Å². The maximum atomic E-state index is 12.3. The largest absolute Gasteiger partial charge is 0.399 e. The molecular formula is C14H16N2O2S. The number of rotatable bonds is 3. The molecule has 100 valence electrons. The third-order valence-electron chi connectivity index (χ3n) is 2.87. The molecule has 5 heteroatoms. The molecule has 0 saturated carbocycles. The highest BCUT2D eigenvalue weighted by Gasteiger charge is 2.21. The summed E-state index contributed by atoms with van der Waals surface area (Å²) in [5.41, 5.74) is 7.81. The van der Waals surface area contributed by atoms with Gasteiger partial charge in [0.15, 0.2) is 0 Å². The second kappa shape index (κ2) is 5.03. The molecular weight excluding hydrogens is 260 g/mol. The second-order valence-corrected chi connectivity index (χ2v) is 6.53. The molecule has 0 saturated heterocycles. The van der Waals surface area contributed by atoms with E-state index in [1.165, 1.54) is 18.4 Å². The molecule has 0 fully saturated rings. The van der Waals surface area contributed by atoms with Gasteiger partial charge in [-0.05, 0) is 23.8 Å². The van der Waals surface area contributed by atoms with Gasteiger partial charge in [-0.2, -0.15) is 0 Å². The van der Waals surface area contributed by atoms with Gasteiger partial charge in [-0.1, -0.05) is 30.3 Å². The van der Waals surface area contributed by atoms with Crippen molar-refractivity contribution in [2.24, 2.45) is 0 Å². The molecule has 2 rings (SSSR count). The number of sulfonamides is 1. The standard InChI is InChI=1S/C14H16N2O2S/c1-16(2)19(17,18)14-6-4-3-5-13(14)11-7-9-12(15)10-8-11/h3-10H,15H2,1-2H3. The Bertz CT molecular complexity index is 677. The van der Waals surface area contributed by atoms with E-state index in [2.05, 4.69) is 0 Å². The minimum absolute atomic E-state index is 0.296. The monoisotopic (exact) mass is 276 g/mol. The van der Waals surface area contributed by atoms with Crippen molar-refractivity contribution in [2.75, 3.05) is 19.8 Å². The van der Waals surface area contributed by atoms with Crippen LogP contribution in [0.2, 0.25) is 0 Å². The maximum absolute atomic E-state index is 12.3. The Hall–Kier alpha value is -1.85. The van der Waals surface area contributed by atoms with Crippen LogP contribution >= 0.6 is 0 Å². The van der Waals surface area contributed by atoms with Crippen LogP contribution < -0.4 is 5.73 Å². The van der Waals surface area contributed by atoms with Gasteiger partial charge in [0.25, 0.3) is 0 Å². The van der Waals surface area contributed by atoms with Crippen molar-refractivity contribution in [2.45, 2.75) is 4.90 Å². The van der Waals surface area contributed by atoms with Gasteiger partial charge in [-0.25, -0.2) is 12.7 Å². The highest BCUT2D eigenvalue weighted by Crippen LogP contribution is 2.29. The zero-order valence-electron chi connectivity index (χ0n) is 10.9. The third kappa shape index (κ3) is 2.62. The Morgan fingerprint density at radius 2 is 1.53 bits per heavy atom. The Morgan fingerprint density at radius 3 is 2.11 bits per heavy atom. The van der Waals surface area contributed by atoms with E-state index >= 15 is 0 Å². The number of hydrogen-bond donors (Lipinski definition) is 1. The summed E-state index contributed by atoms with van der Waals surface area (Å²) in [6, 6.07) is 14.1. The van der Waals surface area contributed by atoms with E-state index in [0.717, 1.165) is 5.56 Å². The molecule has 0 aliphatic carbocycles. The zero-order chi connectivity index (χ0) is 14.0. The van der Waals surface area contributed by atoms with Crippen LogP contribution in [0.25, 0.3) is 11.1 Å². The summed E-state index contributed by atoms with van der Waals surface area (Å²) in [6.07, 6.45) is 0. The van der Waals surface area contributed by atoms with Crippen LogP contribution in [0.5, 0.6) is 0 Å². The number of nitrogens with two attached hydrogens (primary N) is 1. The molecule has 0 unspecified atom stereocenters. The van der Waals surface area contributed by atoms with E-state index in [1.54, 1.807) is 30.3 Å². The first-order valence-electron chi connectivity index (χ1n) is 5.80. The van der Waals surface area contributed by atoms with E-state index in [9.17, 15) is 8.42 Å². The third-order valence-corrected chi connectivity index (χ3v) is 4.74. The van der Waals surface area contributed by atoms with E-state index in [1.807, 2.05) is 18.2 Å². The Labute approximate surface area is 113 Å². The summed E-state index contributed by atoms with van der Waals surface area (Å²) in [5.74, 6) is 0. The first-order chi connectivity index (χ1) is 8.93. The SMILES string of the molecule is CN(C)S(=O)(=O)c1ccccc1-c1ccc(N)cc1. The molecule has 0 spiro atoms. The fourth-order valence-electron chi connectivity index (χ4n) is 1.79. The predicted molar refractivity (Wildman–Crippen MR) is 77.2 cm³/mol. The lowest BCUT2D eigenvalue weighted by atomic mass is 10.1. The van der Waals surface area contributed by atoms with Crippen molar-refractivity contribution >= 4 is 15.7 Å². The summed E-state index contributed by atoms with van der Waals surface area (Å²) in [7, 11) is -0.418. The highest BCUT2D eigenvalue weighted by molar-refractivity contribution is 7.89. The van der Waals surface area contributed by atoms with Gasteiger partial charge >= 0.3 is 0 Å². The van der Waals surface area contributed by atoms with Gasteiger partial charge in [-0.15, -0.1) is 0 Å². The van der Waals surface area contributed by atoms with Crippen LogP contribution in [0, 0.1) is 0 Å². The molecule has 2 aromatic carbocycles. The molecule has 0 aliphatic rings. The first-order valence-corrected chi connectivity index (χ1v) is 7.24. The zero-order valence-corrected chi connectivity index (χ0v) is 11.7. The van der Waals surface area contributed by atoms with Gasteiger partial charge in [0, 0.05) is 25.3 Å². The smallest absolute Gasteiger partial charge is 0.243 e. The molecule has 0 radical (unpaired) electrons. The van der Waals surface area contributed by atoms with Crippen molar-refractivity contribution in [1.82, 2.24) is 4.31 Å². The van der Waals surface area contributed by atoms with Crippen LogP contribution in [0.3, 0.4) is 0 Å². The van der Waals surface area contributed by atoms with Crippen LogP contribution in [0.15, 0.2) is 53.4 Å². The normalized spacial score (nSPS) is 11.7. The molecule has 0 heterocycles. The molecule has 0 aliphatic heterocycles. The summed E-state index contributed by atoms with van der Waals surface area (Å²) < 4.78 is 25.8. The predicted octanol–water partition coefficient (Wildman–Crippen LogP) is 2.19. The topological polar surface area (TPSA) is 63.4 Å². The van der Waals surface area contributed by atoms with Crippen LogP contribution in [-0.2, 0) is 10.0 Å². The van der Waals surface area contributed by atoms with Gasteiger partial charge < -0.3 is 5.73 Å². The van der Waals surface area contributed by atoms with Crippen LogP contribution in [0.1, 0.15) is 0 Å². The summed E-state index contributed by atoms with van der Waals surface area (Å²) in [5, 5.41) is 0. The average molecular weight is 276 g/mol. The van der Waals surface area contributed by atoms with E-state index in [-0.39, 0.29) is 0 Å². The van der Waals surface area contributed by atoms with E-state index < -0.39 is 10.0 Å². The summed E-state index contributed by atoms with van der Waals surface area (Å²) in [6.45, 7) is 0. The highest BCUT2D eigenvalue weighted by atomic mass is 32.2. The van der Waals surface area contributed by atoms with Crippen molar-refractivity contribution in [3.63, 3.8) is 0 Å². The summed E-state index contributed by atoms with van der Waals surface area (Å²) >= 11 is 0. The van der Waals surface area contributed by atoms with E-state index in [0.29, 0.717) is 16.1 Å². The number of hydrogen-bond acceptors (Lipinski definition) is 3. The second-order valence-electron chi connectivity index (χ2n) is 4.41. The lowest BCUT2D eigenvalue weighted by molar-refractivity contribution is 0.521. The molecule has 0 atom stereocenters. The van der Waals surface area contributed by atoms with Gasteiger partial charge in [0.1, 0.15) is 0 Å². The minimum Gasteiger partial charge on any atom is -0.399 e. The van der Waals surface area contributed by atoms with Gasteiger partial charge in [-0.3, -0.25) is 0 Å². The van der Waals surface area contributed by atoms with Crippen molar-refractivity contribution in [3.8, 4) is 11.1 Å². The molecule has 0 amide bonds. The molecule has 2 N–H and O–H groups in total. The lowest BCUT2D eigenvalue weighted by Gasteiger charge is -2.15. The molecule has 0 aromatic heterocycles. The number of anilines is 1. The molecule has 2 aromatic rings. The lowest BCUT2D eigenvalue weighted by Crippen LogP contribution is -2.22. The molecule has 19 heavy (non-hydrogen) atoms. The Balaban J connectivity index is 2.63. The summed E-state index contributed by atoms with van der Waals surface area (Å²) in [4.78, 5) is 0.296. The van der Waals surface area contributed by atoms with Crippen LogP contribution in [0.4, 0.5) is 5.69 Å². The average Bonchev–Trinajstić information content (AvgIpc) is 2.39. The molecule has 4 nitrogen and oxygen atoms in total. The molecule has 0 bridgehead atoms. The number of nitrogens with zero attached hydrogens (tertiary/aromatic N) is 1. The quantitative estimate of drug-likeness (QED) is 0.874.